The number of benzene rings is 2. The summed E-state index contributed by atoms with van der Waals surface area (Å²) in [4.78, 5) is 26.0. The second kappa shape index (κ2) is 8.75. The highest BCUT2D eigenvalue weighted by Crippen LogP contribution is 2.24. The van der Waals surface area contributed by atoms with Crippen LogP contribution in [0, 0.1) is 13.8 Å². The third kappa shape index (κ3) is 5.21. The van der Waals surface area contributed by atoms with Gasteiger partial charge in [-0.1, -0.05) is 18.2 Å². The molecule has 2 aromatic rings. The van der Waals surface area contributed by atoms with Crippen molar-refractivity contribution in [2.24, 2.45) is 0 Å². The van der Waals surface area contributed by atoms with Crippen LogP contribution in [0.2, 0.25) is 0 Å². The maximum absolute atomic E-state index is 12.5. The van der Waals surface area contributed by atoms with Gasteiger partial charge in [-0.25, -0.2) is 13.1 Å². The summed E-state index contributed by atoms with van der Waals surface area (Å²) in [5, 5.41) is 2.76. The van der Waals surface area contributed by atoms with Crippen LogP contribution in [-0.2, 0) is 19.6 Å². The van der Waals surface area contributed by atoms with E-state index in [-0.39, 0.29) is 29.7 Å². The minimum Gasteiger partial charge on any atom is -0.326 e. The maximum atomic E-state index is 12.5. The van der Waals surface area contributed by atoms with Crippen LogP contribution in [-0.4, -0.2) is 33.3 Å². The molecule has 8 heteroatoms. The van der Waals surface area contributed by atoms with Gasteiger partial charge in [0.05, 0.1) is 4.90 Å². The fourth-order valence-electron chi connectivity index (χ4n) is 3.27. The molecular weight excluding hydrogens is 390 g/mol. The van der Waals surface area contributed by atoms with Gasteiger partial charge in [-0.15, -0.1) is 0 Å². The number of rotatable bonds is 7. The zero-order valence-electron chi connectivity index (χ0n) is 16.6. The summed E-state index contributed by atoms with van der Waals surface area (Å²) in [6.45, 7) is 4.23. The van der Waals surface area contributed by atoms with Crippen molar-refractivity contribution in [3.05, 3.63) is 53.6 Å². The smallest absolute Gasteiger partial charge is 0.240 e. The maximum Gasteiger partial charge on any atom is 0.240 e. The molecule has 0 bridgehead atoms. The fraction of sp³-hybridized carbons (Fsp3) is 0.333. The number of sulfonamides is 1. The summed E-state index contributed by atoms with van der Waals surface area (Å²) in [7, 11) is -3.68. The number of carbonyl (C=O) groups is 2. The SMILES string of the molecule is Cc1ccc(C)c(S(=O)(=O)NCCC(=O)Nc2cccc(N3CCCC3=O)c2)c1. The lowest BCUT2D eigenvalue weighted by Gasteiger charge is -2.16. The second-order valence-corrected chi connectivity index (χ2v) is 8.90. The lowest BCUT2D eigenvalue weighted by molar-refractivity contribution is -0.117. The number of nitrogens with one attached hydrogen (secondary N) is 2. The first-order valence-corrected chi connectivity index (χ1v) is 11.0. The van der Waals surface area contributed by atoms with Crippen molar-refractivity contribution in [3.63, 3.8) is 0 Å². The normalized spacial score (nSPS) is 14.3. The van der Waals surface area contributed by atoms with Crippen molar-refractivity contribution in [1.29, 1.82) is 0 Å². The van der Waals surface area contributed by atoms with E-state index in [2.05, 4.69) is 10.0 Å². The first-order valence-electron chi connectivity index (χ1n) is 9.53. The Morgan fingerprint density at radius 2 is 1.93 bits per heavy atom. The number of hydrogen-bond acceptors (Lipinski definition) is 4. The van der Waals surface area contributed by atoms with Crippen LogP contribution in [0.4, 0.5) is 11.4 Å². The van der Waals surface area contributed by atoms with Gasteiger partial charge in [0, 0.05) is 37.3 Å². The second-order valence-electron chi connectivity index (χ2n) is 7.16. The molecule has 2 aromatic carbocycles. The van der Waals surface area contributed by atoms with Crippen LogP contribution in [0.15, 0.2) is 47.4 Å². The van der Waals surface area contributed by atoms with Gasteiger partial charge in [-0.2, -0.15) is 0 Å². The van der Waals surface area contributed by atoms with Gasteiger partial charge in [-0.05, 0) is 55.7 Å². The highest BCUT2D eigenvalue weighted by molar-refractivity contribution is 7.89. The van der Waals surface area contributed by atoms with Gasteiger partial charge >= 0.3 is 0 Å². The lowest BCUT2D eigenvalue weighted by atomic mass is 10.2. The zero-order chi connectivity index (χ0) is 21.0. The Morgan fingerprint density at radius 1 is 1.14 bits per heavy atom. The summed E-state index contributed by atoms with van der Waals surface area (Å²) in [5.74, 6) is -0.229. The predicted octanol–water partition coefficient (Wildman–Crippen LogP) is 2.74. The van der Waals surface area contributed by atoms with Gasteiger partial charge < -0.3 is 10.2 Å². The minimum atomic E-state index is -3.68. The van der Waals surface area contributed by atoms with E-state index < -0.39 is 10.0 Å². The van der Waals surface area contributed by atoms with Gasteiger partial charge in [0.1, 0.15) is 0 Å². The minimum absolute atomic E-state index is 0.00301. The molecule has 3 rings (SSSR count). The van der Waals surface area contributed by atoms with E-state index in [0.717, 1.165) is 17.7 Å². The molecule has 1 fully saturated rings. The Labute approximate surface area is 171 Å². The van der Waals surface area contributed by atoms with Gasteiger partial charge in [0.2, 0.25) is 21.8 Å². The van der Waals surface area contributed by atoms with Crippen molar-refractivity contribution in [2.45, 2.75) is 38.0 Å². The average Bonchev–Trinajstić information content (AvgIpc) is 3.09. The van der Waals surface area contributed by atoms with Crippen molar-refractivity contribution in [2.75, 3.05) is 23.3 Å². The average molecular weight is 416 g/mol. The van der Waals surface area contributed by atoms with E-state index in [4.69, 9.17) is 0 Å². The number of amides is 2. The molecule has 1 aliphatic rings. The van der Waals surface area contributed by atoms with Gasteiger partial charge in [0.15, 0.2) is 0 Å². The van der Waals surface area contributed by atoms with E-state index in [1.54, 1.807) is 42.2 Å². The van der Waals surface area contributed by atoms with Crippen molar-refractivity contribution < 1.29 is 18.0 Å². The molecule has 1 heterocycles. The molecular formula is C21H25N3O4S. The van der Waals surface area contributed by atoms with Crippen LogP contribution in [0.1, 0.15) is 30.4 Å². The number of nitrogens with zero attached hydrogens (tertiary/aromatic N) is 1. The molecule has 0 unspecified atom stereocenters. The summed E-state index contributed by atoms with van der Waals surface area (Å²) >= 11 is 0. The Hall–Kier alpha value is -2.71. The molecule has 0 spiro atoms. The lowest BCUT2D eigenvalue weighted by Crippen LogP contribution is -2.28. The zero-order valence-corrected chi connectivity index (χ0v) is 17.4. The molecule has 2 N–H and O–H groups in total. The molecule has 0 saturated carbocycles. The fourth-order valence-corrected chi connectivity index (χ4v) is 4.63. The first kappa shape index (κ1) is 21.0. The highest BCUT2D eigenvalue weighted by atomic mass is 32.2. The van der Waals surface area contributed by atoms with Crippen LogP contribution < -0.4 is 14.9 Å². The molecule has 29 heavy (non-hydrogen) atoms. The van der Waals surface area contributed by atoms with Crippen molar-refractivity contribution in [3.8, 4) is 0 Å². The number of carbonyl (C=O) groups excluding carboxylic acids is 2. The van der Waals surface area contributed by atoms with Crippen LogP contribution in [0.25, 0.3) is 0 Å². The van der Waals surface area contributed by atoms with Crippen LogP contribution >= 0.6 is 0 Å². The molecule has 0 aliphatic carbocycles. The molecule has 0 atom stereocenters. The van der Waals surface area contributed by atoms with E-state index in [9.17, 15) is 18.0 Å². The molecule has 2 amide bonds. The Balaban J connectivity index is 1.56. The van der Waals surface area contributed by atoms with Crippen molar-refractivity contribution >= 4 is 33.2 Å². The number of anilines is 2. The standard InChI is InChI=1S/C21H25N3O4S/c1-15-8-9-16(2)19(13-15)29(27,28)22-11-10-20(25)23-17-5-3-6-18(14-17)24-12-4-7-21(24)26/h3,5-6,8-9,13-14,22H,4,7,10-12H2,1-2H3,(H,23,25). The first-order chi connectivity index (χ1) is 13.8. The number of aryl methyl sites for hydroxylation is 2. The topological polar surface area (TPSA) is 95.6 Å². The Bertz CT molecular complexity index is 1030. The summed E-state index contributed by atoms with van der Waals surface area (Å²) in [6, 6.07) is 12.3. The van der Waals surface area contributed by atoms with Crippen LogP contribution in [0.5, 0.6) is 0 Å². The summed E-state index contributed by atoms with van der Waals surface area (Å²) < 4.78 is 27.5. The molecule has 154 valence electrons. The highest BCUT2D eigenvalue weighted by Gasteiger charge is 2.22. The van der Waals surface area contributed by atoms with Crippen LogP contribution in [0.3, 0.4) is 0 Å². The molecule has 0 aromatic heterocycles. The van der Waals surface area contributed by atoms with E-state index in [1.807, 2.05) is 19.1 Å². The largest absolute Gasteiger partial charge is 0.326 e. The van der Waals surface area contributed by atoms with Gasteiger partial charge in [0.25, 0.3) is 0 Å². The predicted molar refractivity (Wildman–Crippen MR) is 112 cm³/mol. The Kier molecular flexibility index (Phi) is 6.34. The van der Waals surface area contributed by atoms with E-state index >= 15 is 0 Å². The Morgan fingerprint density at radius 3 is 2.66 bits per heavy atom. The summed E-state index contributed by atoms with van der Waals surface area (Å²) in [5.41, 5.74) is 2.83. The number of hydrogen-bond donors (Lipinski definition) is 2. The molecule has 1 saturated heterocycles. The summed E-state index contributed by atoms with van der Waals surface area (Å²) in [6.07, 6.45) is 1.37. The van der Waals surface area contributed by atoms with Gasteiger partial charge in [-0.3, -0.25) is 9.59 Å². The third-order valence-corrected chi connectivity index (χ3v) is 6.40. The molecule has 7 nitrogen and oxygen atoms in total. The quantitative estimate of drug-likeness (QED) is 0.727. The molecule has 1 aliphatic heterocycles. The van der Waals surface area contributed by atoms with E-state index in [0.29, 0.717) is 24.2 Å². The molecule has 0 radical (unpaired) electrons. The monoisotopic (exact) mass is 415 g/mol. The van der Waals surface area contributed by atoms with E-state index in [1.165, 1.54) is 0 Å². The van der Waals surface area contributed by atoms with Crippen molar-refractivity contribution in [1.82, 2.24) is 4.72 Å². The third-order valence-electron chi connectivity index (χ3n) is 4.79.